The van der Waals surface area contributed by atoms with Gasteiger partial charge in [-0.25, -0.2) is 9.79 Å². The Morgan fingerprint density at radius 3 is 2.47 bits per heavy atom. The van der Waals surface area contributed by atoms with Crippen LogP contribution in [0.15, 0.2) is 77.8 Å². The predicted octanol–water partition coefficient (Wildman–Crippen LogP) is 5.76. The van der Waals surface area contributed by atoms with Gasteiger partial charge in [-0.3, -0.25) is 0 Å². The third-order valence-electron chi connectivity index (χ3n) is 5.62. The number of fused-ring (bicyclic) bond motifs is 2. The van der Waals surface area contributed by atoms with Crippen molar-refractivity contribution in [2.75, 3.05) is 31.5 Å². The van der Waals surface area contributed by atoms with Gasteiger partial charge in [-0.05, 0) is 55.0 Å². The van der Waals surface area contributed by atoms with Crippen molar-refractivity contribution < 1.29 is 9.53 Å². The first-order chi connectivity index (χ1) is 15.7. The molecular weight excluding hydrogens is 424 g/mol. The van der Waals surface area contributed by atoms with Crippen LogP contribution in [0, 0.1) is 0 Å². The molecule has 2 heterocycles. The van der Waals surface area contributed by atoms with Crippen molar-refractivity contribution in [3.8, 4) is 11.5 Å². The van der Waals surface area contributed by atoms with Gasteiger partial charge in [-0.2, -0.15) is 0 Å². The van der Waals surface area contributed by atoms with Crippen LogP contribution in [0.3, 0.4) is 0 Å². The van der Waals surface area contributed by atoms with Crippen molar-refractivity contribution in [3.05, 3.63) is 83.4 Å². The van der Waals surface area contributed by atoms with Crippen LogP contribution < -0.4 is 10.1 Å². The molecule has 0 bridgehead atoms. The number of carbonyl (C=O) groups excluding carboxylic acids is 1. The van der Waals surface area contributed by atoms with E-state index < -0.39 is 0 Å². The van der Waals surface area contributed by atoms with E-state index in [1.54, 1.807) is 24.3 Å². The molecule has 0 saturated carbocycles. The van der Waals surface area contributed by atoms with E-state index in [2.05, 4.69) is 10.2 Å². The molecule has 1 saturated heterocycles. The molecule has 0 aromatic heterocycles. The van der Waals surface area contributed by atoms with E-state index in [4.69, 9.17) is 21.3 Å². The normalized spacial score (nSPS) is 15.5. The van der Waals surface area contributed by atoms with Gasteiger partial charge in [0, 0.05) is 36.9 Å². The van der Waals surface area contributed by atoms with Crippen molar-refractivity contribution in [1.82, 2.24) is 9.80 Å². The number of nitrogens with one attached hydrogen (secondary N) is 1. The quantitative estimate of drug-likeness (QED) is 0.516. The summed E-state index contributed by atoms with van der Waals surface area (Å²) < 4.78 is 6.16. The highest BCUT2D eigenvalue weighted by atomic mass is 35.5. The van der Waals surface area contributed by atoms with Gasteiger partial charge in [0.15, 0.2) is 5.75 Å². The second-order valence-electron chi connectivity index (χ2n) is 7.77. The zero-order valence-corrected chi connectivity index (χ0v) is 18.3. The number of urea groups is 1. The van der Waals surface area contributed by atoms with Crippen molar-refractivity contribution in [2.45, 2.75) is 6.42 Å². The van der Waals surface area contributed by atoms with Crippen LogP contribution in [-0.4, -0.2) is 47.8 Å². The Bertz CT molecular complexity index is 1160. The van der Waals surface area contributed by atoms with Crippen LogP contribution in [0.1, 0.15) is 12.0 Å². The van der Waals surface area contributed by atoms with E-state index in [0.717, 1.165) is 47.2 Å². The van der Waals surface area contributed by atoms with Gasteiger partial charge in [0.25, 0.3) is 0 Å². The molecule has 0 unspecified atom stereocenters. The topological polar surface area (TPSA) is 57.2 Å². The lowest BCUT2D eigenvalue weighted by Crippen LogP contribution is -2.39. The average molecular weight is 447 g/mol. The van der Waals surface area contributed by atoms with E-state index in [0.29, 0.717) is 24.7 Å². The number of anilines is 1. The summed E-state index contributed by atoms with van der Waals surface area (Å²) in [6.07, 6.45) is 0.845. The molecule has 2 aliphatic rings. The Hall–Kier alpha value is -3.51. The Morgan fingerprint density at radius 2 is 1.62 bits per heavy atom. The lowest BCUT2D eigenvalue weighted by atomic mass is 10.1. The van der Waals surface area contributed by atoms with Crippen LogP contribution in [0.4, 0.5) is 16.2 Å². The van der Waals surface area contributed by atoms with E-state index in [9.17, 15) is 4.79 Å². The second-order valence-corrected chi connectivity index (χ2v) is 8.20. The van der Waals surface area contributed by atoms with E-state index >= 15 is 0 Å². The number of halogens is 1. The van der Waals surface area contributed by atoms with E-state index in [1.165, 1.54) is 0 Å². The summed E-state index contributed by atoms with van der Waals surface area (Å²) in [5.74, 6) is 2.41. The molecule has 32 heavy (non-hydrogen) atoms. The molecule has 6 nitrogen and oxygen atoms in total. The zero-order chi connectivity index (χ0) is 21.9. The van der Waals surface area contributed by atoms with Gasteiger partial charge in [0.2, 0.25) is 0 Å². The first-order valence-corrected chi connectivity index (χ1v) is 11.1. The fourth-order valence-electron chi connectivity index (χ4n) is 3.98. The number of aliphatic imine (C=N–C) groups is 1. The molecule has 0 aliphatic carbocycles. The maximum absolute atomic E-state index is 12.8. The SMILES string of the molecule is O=C(Nc1ccc(Cl)cc1)N1CCCN(C2=Nc3ccccc3Oc3ccccc32)CC1. The molecule has 1 fully saturated rings. The van der Waals surface area contributed by atoms with Gasteiger partial charge in [-0.15, -0.1) is 0 Å². The summed E-state index contributed by atoms with van der Waals surface area (Å²) in [6, 6.07) is 22.8. The highest BCUT2D eigenvalue weighted by molar-refractivity contribution is 6.30. The zero-order valence-electron chi connectivity index (χ0n) is 17.5. The number of nitrogens with zero attached hydrogens (tertiary/aromatic N) is 3. The van der Waals surface area contributed by atoms with Crippen LogP contribution in [0.2, 0.25) is 5.02 Å². The fraction of sp³-hybridized carbons (Fsp3) is 0.200. The van der Waals surface area contributed by atoms with Crippen molar-refractivity contribution in [2.24, 2.45) is 4.99 Å². The molecule has 2 amide bonds. The number of para-hydroxylation sites is 3. The molecule has 2 aliphatic heterocycles. The number of amides is 2. The number of hydrogen-bond donors (Lipinski definition) is 1. The van der Waals surface area contributed by atoms with Gasteiger partial charge in [0.1, 0.15) is 17.3 Å². The minimum absolute atomic E-state index is 0.106. The molecule has 0 atom stereocenters. The van der Waals surface area contributed by atoms with Gasteiger partial charge >= 0.3 is 6.03 Å². The standard InChI is InChI=1S/C25H23ClN4O2/c26-18-10-12-19(13-11-18)27-25(31)30-15-5-14-29(16-17-30)24-20-6-1-3-8-22(20)32-23-9-4-2-7-21(23)28-24/h1-4,6-13H,5,14-17H2,(H,27,31). The Kier molecular flexibility index (Phi) is 5.69. The van der Waals surface area contributed by atoms with Crippen molar-refractivity contribution in [3.63, 3.8) is 0 Å². The summed E-state index contributed by atoms with van der Waals surface area (Å²) in [6.45, 7) is 2.77. The first kappa shape index (κ1) is 20.4. The van der Waals surface area contributed by atoms with E-state index in [1.807, 2.05) is 53.4 Å². The molecule has 162 valence electrons. The molecular formula is C25H23ClN4O2. The monoisotopic (exact) mass is 446 g/mol. The highest BCUT2D eigenvalue weighted by Gasteiger charge is 2.25. The summed E-state index contributed by atoms with van der Waals surface area (Å²) in [5.41, 5.74) is 2.50. The molecule has 0 spiro atoms. The van der Waals surface area contributed by atoms with Crippen LogP contribution in [0.5, 0.6) is 11.5 Å². The third-order valence-corrected chi connectivity index (χ3v) is 5.87. The minimum Gasteiger partial charge on any atom is -0.454 e. The molecule has 5 rings (SSSR count). The summed E-state index contributed by atoms with van der Waals surface area (Å²) >= 11 is 5.94. The lowest BCUT2D eigenvalue weighted by Gasteiger charge is -2.25. The molecule has 7 heteroatoms. The number of ether oxygens (including phenoxy) is 1. The smallest absolute Gasteiger partial charge is 0.321 e. The molecule has 1 N–H and O–H groups in total. The Balaban J connectivity index is 1.36. The first-order valence-electron chi connectivity index (χ1n) is 10.7. The number of rotatable bonds is 1. The molecule has 0 radical (unpaired) electrons. The second kappa shape index (κ2) is 8.93. The number of hydrogen-bond acceptors (Lipinski definition) is 4. The molecule has 3 aromatic rings. The van der Waals surface area contributed by atoms with Crippen molar-refractivity contribution in [1.29, 1.82) is 0 Å². The summed E-state index contributed by atoms with van der Waals surface area (Å²) in [7, 11) is 0. The fourth-order valence-corrected chi connectivity index (χ4v) is 4.10. The predicted molar refractivity (Wildman–Crippen MR) is 127 cm³/mol. The number of benzene rings is 3. The third kappa shape index (κ3) is 4.27. The van der Waals surface area contributed by atoms with Crippen LogP contribution in [0.25, 0.3) is 0 Å². The van der Waals surface area contributed by atoms with Crippen LogP contribution in [-0.2, 0) is 0 Å². The van der Waals surface area contributed by atoms with E-state index in [-0.39, 0.29) is 6.03 Å². The molecule has 3 aromatic carbocycles. The Labute approximate surface area is 192 Å². The van der Waals surface area contributed by atoms with Gasteiger partial charge in [-0.1, -0.05) is 35.9 Å². The summed E-state index contributed by atoms with van der Waals surface area (Å²) in [5, 5.41) is 3.60. The van der Waals surface area contributed by atoms with Gasteiger partial charge in [0.05, 0.1) is 5.56 Å². The van der Waals surface area contributed by atoms with Crippen molar-refractivity contribution >= 4 is 34.8 Å². The van der Waals surface area contributed by atoms with Gasteiger partial charge < -0.3 is 19.9 Å². The Morgan fingerprint density at radius 1 is 0.875 bits per heavy atom. The maximum atomic E-state index is 12.8. The largest absolute Gasteiger partial charge is 0.454 e. The minimum atomic E-state index is -0.106. The number of carbonyl (C=O) groups is 1. The lowest BCUT2D eigenvalue weighted by molar-refractivity contribution is 0.214. The maximum Gasteiger partial charge on any atom is 0.321 e. The van der Waals surface area contributed by atoms with Crippen LogP contribution >= 0.6 is 11.6 Å². The summed E-state index contributed by atoms with van der Waals surface area (Å²) in [4.78, 5) is 21.9. The average Bonchev–Trinajstić information content (AvgIpc) is 3.15. The number of amidine groups is 1. The highest BCUT2D eigenvalue weighted by Crippen LogP contribution is 2.37.